The van der Waals surface area contributed by atoms with E-state index in [1.807, 2.05) is 0 Å². The van der Waals surface area contributed by atoms with E-state index in [0.29, 0.717) is 24.9 Å². The van der Waals surface area contributed by atoms with Crippen LogP contribution in [-0.4, -0.2) is 19.2 Å². The molecule has 6 heteroatoms. The first kappa shape index (κ1) is 28.9. The lowest BCUT2D eigenvalue weighted by molar-refractivity contribution is 0.0728. The van der Waals surface area contributed by atoms with Crippen molar-refractivity contribution >= 4 is 5.97 Å². The Balaban J connectivity index is 1.40. The second-order valence-electron chi connectivity index (χ2n) is 9.90. The van der Waals surface area contributed by atoms with Gasteiger partial charge in [0.15, 0.2) is 11.6 Å². The van der Waals surface area contributed by atoms with Crippen molar-refractivity contribution in [3.63, 3.8) is 0 Å². The number of carbonyl (C=O) groups excluding carboxylic acids is 1. The number of unbranched alkanes of at least 4 members (excludes halogenated alkanes) is 8. The highest BCUT2D eigenvalue weighted by atomic mass is 19.2. The van der Waals surface area contributed by atoms with Gasteiger partial charge < -0.3 is 14.2 Å². The van der Waals surface area contributed by atoms with Gasteiger partial charge in [0.05, 0.1) is 18.8 Å². The summed E-state index contributed by atoms with van der Waals surface area (Å²) in [6.45, 7) is 3.18. The first-order chi connectivity index (χ1) is 18.1. The molecule has 0 aromatic heterocycles. The first-order valence-corrected chi connectivity index (χ1v) is 14.0. The van der Waals surface area contributed by atoms with Crippen LogP contribution in [0.1, 0.15) is 101 Å². The zero-order valence-corrected chi connectivity index (χ0v) is 22.1. The van der Waals surface area contributed by atoms with Crippen molar-refractivity contribution in [1.82, 2.24) is 0 Å². The molecule has 0 saturated heterocycles. The number of benzene rings is 2. The van der Waals surface area contributed by atoms with Gasteiger partial charge in [-0.3, -0.25) is 0 Å². The molecule has 203 valence electrons. The molecule has 1 aliphatic carbocycles. The lowest BCUT2D eigenvalue weighted by Crippen LogP contribution is -2.15. The Bertz CT molecular complexity index is 939. The molecule has 2 aromatic rings. The van der Waals surface area contributed by atoms with Crippen LogP contribution in [0.5, 0.6) is 17.2 Å². The average molecular weight is 516 g/mol. The molecular formula is C31H41F2O4. The fourth-order valence-corrected chi connectivity index (χ4v) is 4.54. The molecule has 0 aliphatic heterocycles. The molecular weight excluding hydrogens is 474 g/mol. The summed E-state index contributed by atoms with van der Waals surface area (Å²) in [7, 11) is 0. The normalized spacial score (nSPS) is 13.9. The van der Waals surface area contributed by atoms with Crippen LogP contribution in [0.4, 0.5) is 8.78 Å². The minimum absolute atomic E-state index is 0.189. The molecule has 1 saturated carbocycles. The van der Waals surface area contributed by atoms with Crippen LogP contribution in [0.2, 0.25) is 0 Å². The third-order valence-electron chi connectivity index (χ3n) is 6.85. The second-order valence-corrected chi connectivity index (χ2v) is 9.90. The van der Waals surface area contributed by atoms with Gasteiger partial charge in [0.25, 0.3) is 0 Å². The molecule has 0 heterocycles. The fourth-order valence-electron chi connectivity index (χ4n) is 4.54. The highest BCUT2D eigenvalue weighted by molar-refractivity contribution is 5.91. The SMILES string of the molecule is CCCCCCCCCCCOc1ccc(C(=O)Oc2ccc(OCC3CC[CH]CC3)cc2)c(F)c1F. The van der Waals surface area contributed by atoms with Crippen molar-refractivity contribution < 1.29 is 27.8 Å². The summed E-state index contributed by atoms with van der Waals surface area (Å²) in [5.74, 6) is -2.12. The van der Waals surface area contributed by atoms with E-state index in [1.54, 1.807) is 24.3 Å². The van der Waals surface area contributed by atoms with Gasteiger partial charge >= 0.3 is 5.97 Å². The molecule has 37 heavy (non-hydrogen) atoms. The first-order valence-electron chi connectivity index (χ1n) is 14.0. The van der Waals surface area contributed by atoms with E-state index < -0.39 is 23.2 Å². The van der Waals surface area contributed by atoms with Gasteiger partial charge in [-0.25, -0.2) is 9.18 Å². The van der Waals surface area contributed by atoms with E-state index in [1.165, 1.54) is 50.7 Å². The number of hydrogen-bond acceptors (Lipinski definition) is 4. The van der Waals surface area contributed by atoms with E-state index in [9.17, 15) is 13.6 Å². The molecule has 0 unspecified atom stereocenters. The van der Waals surface area contributed by atoms with Crippen LogP contribution in [0.3, 0.4) is 0 Å². The van der Waals surface area contributed by atoms with E-state index in [2.05, 4.69) is 13.3 Å². The van der Waals surface area contributed by atoms with Crippen molar-refractivity contribution in [2.45, 2.75) is 90.4 Å². The predicted molar refractivity (Wildman–Crippen MR) is 142 cm³/mol. The van der Waals surface area contributed by atoms with Crippen molar-refractivity contribution in [2.75, 3.05) is 13.2 Å². The molecule has 0 N–H and O–H groups in total. The number of carbonyl (C=O) groups is 1. The van der Waals surface area contributed by atoms with E-state index in [-0.39, 0.29) is 11.5 Å². The Labute approximate surface area is 220 Å². The van der Waals surface area contributed by atoms with Crippen LogP contribution in [0.25, 0.3) is 0 Å². The van der Waals surface area contributed by atoms with Crippen molar-refractivity contribution in [3.8, 4) is 17.2 Å². The molecule has 0 amide bonds. The Morgan fingerprint density at radius 2 is 1.41 bits per heavy atom. The predicted octanol–water partition coefficient (Wildman–Crippen LogP) is 8.87. The van der Waals surface area contributed by atoms with E-state index in [4.69, 9.17) is 14.2 Å². The quantitative estimate of drug-likeness (QED) is 0.127. The monoisotopic (exact) mass is 515 g/mol. The minimum Gasteiger partial charge on any atom is -0.493 e. The van der Waals surface area contributed by atoms with Gasteiger partial charge in [-0.1, -0.05) is 58.3 Å². The minimum atomic E-state index is -1.26. The average Bonchev–Trinajstić information content (AvgIpc) is 2.92. The van der Waals surface area contributed by atoms with Gasteiger partial charge in [0, 0.05) is 0 Å². The van der Waals surface area contributed by atoms with Crippen LogP contribution >= 0.6 is 0 Å². The number of ether oxygens (including phenoxy) is 3. The van der Waals surface area contributed by atoms with Gasteiger partial charge in [-0.15, -0.1) is 0 Å². The molecule has 1 fully saturated rings. The molecule has 1 aliphatic rings. The maximum atomic E-state index is 14.6. The van der Waals surface area contributed by atoms with Crippen LogP contribution in [0, 0.1) is 24.0 Å². The smallest absolute Gasteiger partial charge is 0.346 e. The van der Waals surface area contributed by atoms with Crippen molar-refractivity contribution in [3.05, 3.63) is 60.0 Å². The van der Waals surface area contributed by atoms with Crippen LogP contribution in [-0.2, 0) is 0 Å². The van der Waals surface area contributed by atoms with Crippen LogP contribution in [0.15, 0.2) is 36.4 Å². The Morgan fingerprint density at radius 1 is 0.784 bits per heavy atom. The molecule has 4 nitrogen and oxygen atoms in total. The molecule has 3 rings (SSSR count). The fraction of sp³-hybridized carbons (Fsp3) is 0.548. The van der Waals surface area contributed by atoms with Gasteiger partial charge in [0.1, 0.15) is 11.5 Å². The van der Waals surface area contributed by atoms with E-state index in [0.717, 1.165) is 44.9 Å². The van der Waals surface area contributed by atoms with Gasteiger partial charge in [0.2, 0.25) is 5.82 Å². The maximum Gasteiger partial charge on any atom is 0.346 e. The zero-order chi connectivity index (χ0) is 26.3. The molecule has 2 aromatic carbocycles. The third-order valence-corrected chi connectivity index (χ3v) is 6.85. The van der Waals surface area contributed by atoms with Crippen molar-refractivity contribution in [1.29, 1.82) is 0 Å². The summed E-state index contributed by atoms with van der Waals surface area (Å²) >= 11 is 0. The Kier molecular flexibility index (Phi) is 12.7. The van der Waals surface area contributed by atoms with Gasteiger partial charge in [-0.2, -0.15) is 4.39 Å². The standard InChI is InChI=1S/C31H41F2O4/c1-2-3-4-5-6-7-8-9-13-22-35-28-21-20-27(29(32)30(28)33)31(34)37-26-18-16-25(17-19-26)36-23-24-14-11-10-12-15-24/h10,16-21,24H,2-9,11-15,22-23H2,1H3. The largest absolute Gasteiger partial charge is 0.493 e. The lowest BCUT2D eigenvalue weighted by Gasteiger charge is -2.21. The van der Waals surface area contributed by atoms with Gasteiger partial charge in [-0.05, 0) is 80.8 Å². The molecule has 0 spiro atoms. The number of esters is 1. The molecule has 1 radical (unpaired) electrons. The second kappa shape index (κ2) is 16.3. The number of hydrogen-bond donors (Lipinski definition) is 0. The van der Waals surface area contributed by atoms with E-state index >= 15 is 0 Å². The summed E-state index contributed by atoms with van der Waals surface area (Å²) in [5.41, 5.74) is -0.470. The summed E-state index contributed by atoms with van der Waals surface area (Å²) < 4.78 is 45.6. The Morgan fingerprint density at radius 3 is 2.08 bits per heavy atom. The maximum absolute atomic E-state index is 14.6. The summed E-state index contributed by atoms with van der Waals surface area (Å²) in [5, 5.41) is 0. The van der Waals surface area contributed by atoms with Crippen molar-refractivity contribution in [2.24, 2.45) is 5.92 Å². The summed E-state index contributed by atoms with van der Waals surface area (Å²) in [4.78, 5) is 12.5. The zero-order valence-electron chi connectivity index (χ0n) is 22.1. The third kappa shape index (κ3) is 9.98. The van der Waals surface area contributed by atoms with Crippen LogP contribution < -0.4 is 14.2 Å². The number of rotatable bonds is 16. The molecule has 0 bridgehead atoms. The highest BCUT2D eigenvalue weighted by Crippen LogP contribution is 2.27. The Hall–Kier alpha value is -2.63. The summed E-state index contributed by atoms with van der Waals surface area (Å²) in [6, 6.07) is 9.06. The number of halogens is 2. The lowest BCUT2D eigenvalue weighted by atomic mass is 9.90. The summed E-state index contributed by atoms with van der Waals surface area (Å²) in [6.07, 6.45) is 17.3. The highest BCUT2D eigenvalue weighted by Gasteiger charge is 2.21. The topological polar surface area (TPSA) is 44.8 Å². The molecule has 0 atom stereocenters.